The predicted octanol–water partition coefficient (Wildman–Crippen LogP) is 7.99. The van der Waals surface area contributed by atoms with E-state index in [1.165, 1.54) is 22.5 Å². The van der Waals surface area contributed by atoms with Gasteiger partial charge in [0.05, 0.1) is 16.9 Å². The number of pyridine rings is 1. The normalized spacial score (nSPS) is 11.8. The number of nitrogens with zero attached hydrogens (tertiary/aromatic N) is 1. The lowest BCUT2D eigenvalue weighted by Crippen LogP contribution is -2.10. The molecule has 32 heavy (non-hydrogen) atoms. The summed E-state index contributed by atoms with van der Waals surface area (Å²) in [7, 11) is 0. The molecular formula is C25H33N3OS3. The minimum Gasteiger partial charge on any atom is -0.398 e. The molecule has 3 N–H and O–H groups in total. The van der Waals surface area contributed by atoms with Crippen molar-refractivity contribution in [2.75, 3.05) is 11.5 Å². The second-order valence-electron chi connectivity index (χ2n) is 6.16. The monoisotopic (exact) mass is 487 g/mol. The maximum Gasteiger partial charge on any atom is 0.0608 e. The molecule has 0 bridgehead atoms. The van der Waals surface area contributed by atoms with Crippen molar-refractivity contribution in [3.05, 3.63) is 89.1 Å². The molecule has 0 atom stereocenters. The molecule has 2 aromatic heterocycles. The van der Waals surface area contributed by atoms with Gasteiger partial charge in [0, 0.05) is 44.7 Å². The van der Waals surface area contributed by atoms with Gasteiger partial charge >= 0.3 is 0 Å². The summed E-state index contributed by atoms with van der Waals surface area (Å²) in [5.41, 5.74) is 13.1. The largest absolute Gasteiger partial charge is 0.398 e. The summed E-state index contributed by atoms with van der Waals surface area (Å²) >= 11 is 4.66. The molecule has 2 heterocycles. The predicted molar refractivity (Wildman–Crippen MR) is 146 cm³/mol. The number of aromatic nitrogens is 1. The van der Waals surface area contributed by atoms with Crippen molar-refractivity contribution in [1.29, 1.82) is 0 Å². The van der Waals surface area contributed by atoms with Crippen molar-refractivity contribution in [2.45, 2.75) is 43.9 Å². The van der Waals surface area contributed by atoms with Crippen LogP contribution in [0.4, 0.5) is 5.69 Å². The summed E-state index contributed by atoms with van der Waals surface area (Å²) < 4.78 is 5.70. The van der Waals surface area contributed by atoms with E-state index >= 15 is 0 Å². The minimum atomic E-state index is 0.735. The Morgan fingerprint density at radius 1 is 1.28 bits per heavy atom. The van der Waals surface area contributed by atoms with Gasteiger partial charge in [-0.2, -0.15) is 4.28 Å². The van der Waals surface area contributed by atoms with Gasteiger partial charge in [-0.05, 0) is 42.7 Å². The number of hydrogen-bond acceptors (Lipinski definition) is 7. The Kier molecular flexibility index (Phi) is 14.3. The fourth-order valence-corrected chi connectivity index (χ4v) is 4.89. The van der Waals surface area contributed by atoms with E-state index in [-0.39, 0.29) is 0 Å². The van der Waals surface area contributed by atoms with Crippen LogP contribution in [0.1, 0.15) is 37.6 Å². The number of nitrogens with two attached hydrogens (primary N) is 1. The van der Waals surface area contributed by atoms with Gasteiger partial charge in [-0.25, -0.2) is 0 Å². The number of allylic oxidation sites excluding steroid dienone is 6. The third kappa shape index (κ3) is 9.53. The highest BCUT2D eigenvalue weighted by Crippen LogP contribution is 2.32. The first-order valence-corrected chi connectivity index (χ1v) is 13.0. The molecule has 0 radical (unpaired) electrons. The molecule has 0 fully saturated rings. The van der Waals surface area contributed by atoms with Crippen molar-refractivity contribution in [2.24, 2.45) is 0 Å². The number of rotatable bonds is 12. The summed E-state index contributed by atoms with van der Waals surface area (Å²) in [6.45, 7) is 15.7. The number of nitrogen functional groups attached to an aromatic ring is 1. The van der Waals surface area contributed by atoms with Crippen molar-refractivity contribution >= 4 is 46.9 Å². The van der Waals surface area contributed by atoms with Crippen LogP contribution in [0.15, 0.2) is 88.4 Å². The van der Waals surface area contributed by atoms with Crippen LogP contribution >= 0.6 is 35.1 Å². The molecule has 0 aromatic carbocycles. The average molecular weight is 488 g/mol. The number of thiophene rings is 1. The van der Waals surface area contributed by atoms with Crippen LogP contribution in [-0.2, 0) is 4.28 Å². The summed E-state index contributed by atoms with van der Waals surface area (Å²) in [5.74, 6) is 0.753. The van der Waals surface area contributed by atoms with Crippen LogP contribution in [0.25, 0.3) is 6.08 Å². The smallest absolute Gasteiger partial charge is 0.0608 e. The molecule has 0 spiro atoms. The summed E-state index contributed by atoms with van der Waals surface area (Å²) in [6.07, 6.45) is 15.9. The quantitative estimate of drug-likeness (QED) is 0.137. The first-order chi connectivity index (χ1) is 15.6. The third-order valence-electron chi connectivity index (χ3n) is 4.00. The molecule has 172 valence electrons. The maximum absolute atomic E-state index is 6.01. The average Bonchev–Trinajstić information content (AvgIpc) is 3.16. The lowest BCUT2D eigenvalue weighted by molar-refractivity contribution is 0.272. The van der Waals surface area contributed by atoms with E-state index in [1.54, 1.807) is 47.6 Å². The van der Waals surface area contributed by atoms with E-state index < -0.39 is 0 Å². The molecule has 0 aliphatic carbocycles. The lowest BCUT2D eigenvalue weighted by Gasteiger charge is -2.10. The first kappa shape index (κ1) is 27.8. The zero-order valence-electron chi connectivity index (χ0n) is 19.3. The van der Waals surface area contributed by atoms with E-state index in [2.05, 4.69) is 55.0 Å². The fraction of sp³-hybridized carbons (Fsp3) is 0.240. The maximum atomic E-state index is 6.01. The van der Waals surface area contributed by atoms with Gasteiger partial charge in [-0.1, -0.05) is 58.2 Å². The zero-order chi connectivity index (χ0) is 23.8. The molecule has 2 rings (SSSR count). The van der Waals surface area contributed by atoms with Gasteiger partial charge in [-0.3, -0.25) is 10.5 Å². The minimum absolute atomic E-state index is 0.735. The molecule has 0 amide bonds. The van der Waals surface area contributed by atoms with E-state index in [9.17, 15) is 0 Å². The van der Waals surface area contributed by atoms with Crippen LogP contribution < -0.4 is 11.2 Å². The molecule has 4 nitrogen and oxygen atoms in total. The number of hydroxylamine groups is 1. The number of anilines is 1. The lowest BCUT2D eigenvalue weighted by atomic mass is 10.2. The Morgan fingerprint density at radius 3 is 2.72 bits per heavy atom. The van der Waals surface area contributed by atoms with Crippen molar-refractivity contribution in [1.82, 2.24) is 10.5 Å². The Hall–Kier alpha value is -2.19. The van der Waals surface area contributed by atoms with Crippen molar-refractivity contribution in [3.63, 3.8) is 0 Å². The summed E-state index contributed by atoms with van der Waals surface area (Å²) in [5, 5.41) is 2.09. The molecule has 0 aliphatic heterocycles. The standard InChI is InChI=1S/C23H27N3OS3.C2H6/c1-5-8-10-21-17(4)23(16-29-21)30-27-26-19(7-3)13-18(9-6-2)15-28-22-14-25-12-11-20(22)24;1-2/h5-6,8-14,16,26H,1-2,7,15H2,3-4H3,(H2,24,25);1-2H3/b10-8-,18-9+,19-13+;. The van der Waals surface area contributed by atoms with Gasteiger partial charge < -0.3 is 5.73 Å². The van der Waals surface area contributed by atoms with E-state index in [4.69, 9.17) is 10.0 Å². The molecule has 0 saturated heterocycles. The van der Waals surface area contributed by atoms with E-state index in [0.29, 0.717) is 0 Å². The molecular weight excluding hydrogens is 454 g/mol. The van der Waals surface area contributed by atoms with Gasteiger partial charge in [0.2, 0.25) is 0 Å². The first-order valence-electron chi connectivity index (χ1n) is 10.4. The zero-order valence-corrected chi connectivity index (χ0v) is 21.7. The molecule has 7 heteroatoms. The van der Waals surface area contributed by atoms with E-state index in [1.807, 2.05) is 32.1 Å². The van der Waals surface area contributed by atoms with Crippen LogP contribution in [-0.4, -0.2) is 10.7 Å². The Bertz CT molecular complexity index is 946. The number of hydrogen-bond donors (Lipinski definition) is 2. The molecule has 2 aromatic rings. The third-order valence-corrected chi connectivity index (χ3v) is 7.10. The highest BCUT2D eigenvalue weighted by Gasteiger charge is 2.08. The second-order valence-corrected chi connectivity index (χ2v) is 8.86. The second kappa shape index (κ2) is 16.4. The van der Waals surface area contributed by atoms with E-state index in [0.717, 1.165) is 38.9 Å². The SMILES string of the molecule is C=C/C=C\c1scc(SON/C(=C/C(=C\C=C)CSc2cnccc2N)CC)c1C.CC. The highest BCUT2D eigenvalue weighted by atomic mass is 32.2. The van der Waals surface area contributed by atoms with Gasteiger partial charge in [0.15, 0.2) is 0 Å². The summed E-state index contributed by atoms with van der Waals surface area (Å²) in [6, 6.07) is 1.81. The van der Waals surface area contributed by atoms with Gasteiger partial charge in [0.1, 0.15) is 0 Å². The van der Waals surface area contributed by atoms with Crippen molar-refractivity contribution in [3.8, 4) is 0 Å². The van der Waals surface area contributed by atoms with Crippen LogP contribution in [0.2, 0.25) is 0 Å². The van der Waals surface area contributed by atoms with Crippen LogP contribution in [0.5, 0.6) is 0 Å². The number of nitrogens with one attached hydrogen (secondary N) is 1. The van der Waals surface area contributed by atoms with Crippen LogP contribution in [0.3, 0.4) is 0 Å². The topological polar surface area (TPSA) is 60.2 Å². The molecule has 0 saturated carbocycles. The summed E-state index contributed by atoms with van der Waals surface area (Å²) in [4.78, 5) is 7.41. The fourth-order valence-electron chi connectivity index (χ4n) is 2.33. The van der Waals surface area contributed by atoms with Crippen LogP contribution in [0, 0.1) is 6.92 Å². The van der Waals surface area contributed by atoms with Crippen molar-refractivity contribution < 1.29 is 4.28 Å². The molecule has 0 unspecified atom stereocenters. The number of thioether (sulfide) groups is 1. The Morgan fingerprint density at radius 2 is 2.06 bits per heavy atom. The highest BCUT2D eigenvalue weighted by molar-refractivity contribution is 7.99. The van der Waals surface area contributed by atoms with Gasteiger partial charge in [-0.15, -0.1) is 23.1 Å². The van der Waals surface area contributed by atoms with Gasteiger partial charge in [0.25, 0.3) is 0 Å². The Balaban J connectivity index is 0.00000249. The Labute approximate surface area is 205 Å². The molecule has 0 aliphatic rings.